The van der Waals surface area contributed by atoms with E-state index in [2.05, 4.69) is 20.8 Å². The first-order valence-corrected chi connectivity index (χ1v) is 16.1. The molecule has 0 N–H and O–H groups in total. The average Bonchev–Trinajstić information content (AvgIpc) is 2.50. The molecule has 0 aliphatic carbocycles. The predicted molar refractivity (Wildman–Crippen MR) is 94.0 cm³/mol. The Morgan fingerprint density at radius 3 is 1.86 bits per heavy atom. The minimum atomic E-state index is -2.49. The molecule has 1 rings (SSSR count). The van der Waals surface area contributed by atoms with Crippen LogP contribution in [-0.4, -0.2) is 27.9 Å². The fourth-order valence-electron chi connectivity index (χ4n) is 3.06. The predicted octanol–water partition coefficient (Wildman–Crippen LogP) is 3.84. The minimum absolute atomic E-state index is 0.116. The molecule has 1 aromatic heterocycles. The van der Waals surface area contributed by atoms with E-state index in [-0.39, 0.29) is 5.56 Å². The molecule has 0 aliphatic heterocycles. The average molecular weight is 399 g/mol. The molecule has 0 aromatic carbocycles. The molecule has 4 heteroatoms. The van der Waals surface area contributed by atoms with E-state index in [1.54, 1.807) is 17.9 Å². The number of aromatic nitrogens is 2. The topological polar surface area (TPSA) is 34.9 Å². The van der Waals surface area contributed by atoms with Crippen LogP contribution in [-0.2, 0) is 7.05 Å². The van der Waals surface area contributed by atoms with Gasteiger partial charge in [-0.25, -0.2) is 0 Å². The van der Waals surface area contributed by atoms with E-state index in [9.17, 15) is 4.79 Å². The molecule has 0 atom stereocenters. The summed E-state index contributed by atoms with van der Waals surface area (Å²) in [6.07, 6.45) is 9.42. The summed E-state index contributed by atoms with van der Waals surface area (Å²) in [5.41, 5.74) is 0.116. The van der Waals surface area contributed by atoms with E-state index in [4.69, 9.17) is 4.98 Å². The molecule has 0 aliphatic rings. The molecule has 1 aromatic rings. The van der Waals surface area contributed by atoms with Crippen molar-refractivity contribution in [3.05, 3.63) is 22.7 Å². The first-order valence-electron chi connectivity index (χ1n) is 8.62. The summed E-state index contributed by atoms with van der Waals surface area (Å²) in [5.74, 6) is 0. The van der Waals surface area contributed by atoms with E-state index in [1.807, 2.05) is 6.07 Å². The maximum absolute atomic E-state index is 12.1. The van der Waals surface area contributed by atoms with Gasteiger partial charge in [-0.15, -0.1) is 0 Å². The van der Waals surface area contributed by atoms with Crippen molar-refractivity contribution in [3.8, 4) is 0 Å². The van der Waals surface area contributed by atoms with Crippen molar-refractivity contribution in [1.82, 2.24) is 9.55 Å². The van der Waals surface area contributed by atoms with Crippen molar-refractivity contribution < 1.29 is 0 Å². The van der Waals surface area contributed by atoms with Crippen LogP contribution in [0.25, 0.3) is 0 Å². The molecule has 0 unspecified atom stereocenters. The van der Waals surface area contributed by atoms with E-state index < -0.39 is 18.4 Å². The summed E-state index contributed by atoms with van der Waals surface area (Å²) in [4.78, 5) is 16.8. The Morgan fingerprint density at radius 1 is 1.00 bits per heavy atom. The van der Waals surface area contributed by atoms with Crippen LogP contribution in [0.2, 0.25) is 13.3 Å². The number of hydrogen-bond donors (Lipinski definition) is 0. The molecule has 0 radical (unpaired) electrons. The number of nitrogens with zero attached hydrogens (tertiary/aromatic N) is 2. The van der Waals surface area contributed by atoms with Crippen molar-refractivity contribution in [3.63, 3.8) is 0 Å². The van der Waals surface area contributed by atoms with Gasteiger partial charge in [0.15, 0.2) is 0 Å². The molecule has 0 spiro atoms. The Hall–Kier alpha value is -0.321. The summed E-state index contributed by atoms with van der Waals surface area (Å²) in [7, 11) is 1.79. The van der Waals surface area contributed by atoms with Crippen molar-refractivity contribution in [2.45, 2.75) is 72.6 Å². The first-order chi connectivity index (χ1) is 10.1. The van der Waals surface area contributed by atoms with Crippen LogP contribution in [0, 0.1) is 0 Å². The van der Waals surface area contributed by atoms with Crippen LogP contribution >= 0.6 is 0 Å². The number of unbranched alkanes of at least 4 members (excludes halogenated alkanes) is 3. The van der Waals surface area contributed by atoms with Crippen molar-refractivity contribution >= 4 is 22.1 Å². The standard InChI is InChI=1S/C5H5N2O.3C4H9.Sn/c1-7-4-6-3-2-5(7)8;3*1-3-4-2;/h2,4H,1H3;3*1,3-4H2,2H3;. The van der Waals surface area contributed by atoms with Gasteiger partial charge in [-0.2, -0.15) is 0 Å². The molecule has 0 fully saturated rings. The van der Waals surface area contributed by atoms with Gasteiger partial charge >= 0.3 is 134 Å². The van der Waals surface area contributed by atoms with Crippen molar-refractivity contribution in [2.24, 2.45) is 7.05 Å². The Kier molecular flexibility index (Phi) is 8.60. The molecule has 120 valence electrons. The fourth-order valence-corrected chi connectivity index (χ4v) is 18.4. The zero-order valence-electron chi connectivity index (χ0n) is 14.3. The molecule has 0 saturated heterocycles. The zero-order valence-corrected chi connectivity index (χ0v) is 17.2. The second-order valence-electron chi connectivity index (χ2n) is 6.31. The van der Waals surface area contributed by atoms with Crippen LogP contribution in [0.1, 0.15) is 59.3 Å². The number of aryl methyl sites for hydroxylation is 1. The third kappa shape index (κ3) is 5.42. The normalized spacial score (nSPS) is 11.8. The van der Waals surface area contributed by atoms with Crippen LogP contribution < -0.4 is 9.27 Å². The summed E-state index contributed by atoms with van der Waals surface area (Å²) >= 11 is -2.49. The van der Waals surface area contributed by atoms with Crippen molar-refractivity contribution in [1.29, 1.82) is 0 Å². The van der Waals surface area contributed by atoms with Gasteiger partial charge in [0.2, 0.25) is 0 Å². The second kappa shape index (κ2) is 9.65. The van der Waals surface area contributed by atoms with Gasteiger partial charge in [-0.3, -0.25) is 0 Å². The molecular weight excluding hydrogens is 367 g/mol. The zero-order chi connectivity index (χ0) is 15.7. The van der Waals surface area contributed by atoms with Crippen LogP contribution in [0.3, 0.4) is 0 Å². The van der Waals surface area contributed by atoms with Crippen LogP contribution in [0.15, 0.2) is 17.2 Å². The van der Waals surface area contributed by atoms with Gasteiger partial charge in [0.1, 0.15) is 0 Å². The summed E-state index contributed by atoms with van der Waals surface area (Å²) in [5, 5.41) is 0. The Bertz CT molecular complexity index is 448. The molecule has 21 heavy (non-hydrogen) atoms. The summed E-state index contributed by atoms with van der Waals surface area (Å²) < 4.78 is 6.93. The van der Waals surface area contributed by atoms with Gasteiger partial charge in [-0.1, -0.05) is 0 Å². The van der Waals surface area contributed by atoms with Gasteiger partial charge in [0.25, 0.3) is 0 Å². The summed E-state index contributed by atoms with van der Waals surface area (Å²) in [6.45, 7) is 6.81. The van der Waals surface area contributed by atoms with Gasteiger partial charge in [0, 0.05) is 0 Å². The fraction of sp³-hybridized carbons (Fsp3) is 0.765. The monoisotopic (exact) mass is 400 g/mol. The number of rotatable bonds is 10. The number of hydrogen-bond acceptors (Lipinski definition) is 2. The molecule has 0 bridgehead atoms. The van der Waals surface area contributed by atoms with Gasteiger partial charge in [-0.05, 0) is 0 Å². The van der Waals surface area contributed by atoms with E-state index in [0.717, 1.165) is 0 Å². The molecule has 0 saturated carbocycles. The maximum atomic E-state index is 12.1. The third-order valence-corrected chi connectivity index (χ3v) is 19.7. The van der Waals surface area contributed by atoms with Gasteiger partial charge in [0.05, 0.1) is 0 Å². The third-order valence-electron chi connectivity index (χ3n) is 4.55. The van der Waals surface area contributed by atoms with E-state index in [0.29, 0.717) is 0 Å². The quantitative estimate of drug-likeness (QED) is 0.561. The van der Waals surface area contributed by atoms with Gasteiger partial charge < -0.3 is 0 Å². The van der Waals surface area contributed by atoms with E-state index >= 15 is 0 Å². The molecular formula is C17H32N2OSn. The Labute approximate surface area is 134 Å². The first kappa shape index (κ1) is 18.7. The Morgan fingerprint density at radius 2 is 1.48 bits per heavy atom. The molecule has 3 nitrogen and oxygen atoms in total. The van der Waals surface area contributed by atoms with E-state index in [1.165, 1.54) is 55.5 Å². The SMILES string of the molecule is CCC[CH2][Sn]([CH2]CCC)([CH2]CCC)[c]1cc(=O)n(C)cn1. The Balaban J connectivity index is 3.15. The molecule has 0 amide bonds. The van der Waals surface area contributed by atoms with Crippen LogP contribution in [0.5, 0.6) is 0 Å². The van der Waals surface area contributed by atoms with Crippen LogP contribution in [0.4, 0.5) is 0 Å². The van der Waals surface area contributed by atoms with Crippen molar-refractivity contribution in [2.75, 3.05) is 0 Å². The summed E-state index contributed by atoms with van der Waals surface area (Å²) in [6, 6.07) is 1.87. The second-order valence-corrected chi connectivity index (χ2v) is 19.4. The molecule has 1 heterocycles.